The Morgan fingerprint density at radius 2 is 1.88 bits per heavy atom. The SMILES string of the molecule is N=C1C(=Cc2ccc(OCc3ccc(Cl)cc3)cc2)C(=O)N=C2SC(c3cccnc3)=NN12. The van der Waals surface area contributed by atoms with Crippen molar-refractivity contribution >= 4 is 51.4 Å². The van der Waals surface area contributed by atoms with Crippen LogP contribution in [0.4, 0.5) is 0 Å². The predicted molar refractivity (Wildman–Crippen MR) is 131 cm³/mol. The standard InChI is InChI=1S/C24H16ClN5O2S/c25-18-7-3-16(4-8-18)14-32-19-9-5-15(6-10-19)12-20-21(26)30-24(28-22(20)31)33-23(29-30)17-2-1-11-27-13-17/h1-13,26H,14H2. The molecule has 7 nitrogen and oxygen atoms in total. The highest BCUT2D eigenvalue weighted by Gasteiger charge is 2.36. The van der Waals surface area contributed by atoms with Crippen molar-refractivity contribution in [2.45, 2.75) is 6.61 Å². The quantitative estimate of drug-likeness (QED) is 0.527. The Bertz CT molecular complexity index is 1320. The zero-order valence-corrected chi connectivity index (χ0v) is 18.7. The number of ether oxygens (including phenoxy) is 1. The molecule has 0 unspecified atom stereocenters. The lowest BCUT2D eigenvalue weighted by Crippen LogP contribution is -2.35. The maximum Gasteiger partial charge on any atom is 0.283 e. The number of aliphatic imine (C=N–C) groups is 1. The highest BCUT2D eigenvalue weighted by molar-refractivity contribution is 8.27. The summed E-state index contributed by atoms with van der Waals surface area (Å²) in [6, 6.07) is 18.4. The summed E-state index contributed by atoms with van der Waals surface area (Å²) in [4.78, 5) is 20.8. The molecule has 0 spiro atoms. The first-order valence-electron chi connectivity index (χ1n) is 9.95. The van der Waals surface area contributed by atoms with Crippen LogP contribution >= 0.6 is 23.4 Å². The zero-order valence-electron chi connectivity index (χ0n) is 17.1. The first-order valence-corrected chi connectivity index (χ1v) is 11.1. The van der Waals surface area contributed by atoms with E-state index in [4.69, 9.17) is 21.7 Å². The van der Waals surface area contributed by atoms with E-state index in [-0.39, 0.29) is 11.4 Å². The topological polar surface area (TPSA) is 91.0 Å². The van der Waals surface area contributed by atoms with Gasteiger partial charge in [-0.05, 0) is 65.4 Å². The first-order chi connectivity index (χ1) is 16.1. The van der Waals surface area contributed by atoms with E-state index in [1.165, 1.54) is 16.8 Å². The maximum absolute atomic E-state index is 12.6. The lowest BCUT2D eigenvalue weighted by atomic mass is 10.1. The van der Waals surface area contributed by atoms with Crippen LogP contribution in [0.25, 0.3) is 6.08 Å². The number of halogens is 1. The average Bonchev–Trinajstić information content (AvgIpc) is 3.27. The summed E-state index contributed by atoms with van der Waals surface area (Å²) in [7, 11) is 0. The van der Waals surface area contributed by atoms with Gasteiger partial charge in [-0.3, -0.25) is 15.2 Å². The number of hydrogen-bond donors (Lipinski definition) is 1. The molecule has 0 atom stereocenters. The van der Waals surface area contributed by atoms with E-state index in [0.29, 0.717) is 27.6 Å². The Labute approximate surface area is 199 Å². The summed E-state index contributed by atoms with van der Waals surface area (Å²) in [6.07, 6.45) is 4.99. The summed E-state index contributed by atoms with van der Waals surface area (Å²) in [5.41, 5.74) is 2.74. The molecule has 0 saturated heterocycles. The molecule has 0 radical (unpaired) electrons. The molecule has 162 valence electrons. The van der Waals surface area contributed by atoms with Crippen molar-refractivity contribution in [2.75, 3.05) is 0 Å². The number of nitrogens with zero attached hydrogens (tertiary/aromatic N) is 4. The number of amides is 1. The summed E-state index contributed by atoms with van der Waals surface area (Å²) < 4.78 is 5.80. The molecule has 1 aromatic heterocycles. The number of aromatic nitrogens is 1. The van der Waals surface area contributed by atoms with Gasteiger partial charge in [0.25, 0.3) is 5.91 Å². The van der Waals surface area contributed by atoms with E-state index in [0.717, 1.165) is 16.7 Å². The molecule has 1 N–H and O–H groups in total. The van der Waals surface area contributed by atoms with Crippen molar-refractivity contribution in [1.29, 1.82) is 5.41 Å². The van der Waals surface area contributed by atoms with Crippen molar-refractivity contribution < 1.29 is 9.53 Å². The van der Waals surface area contributed by atoms with E-state index in [1.54, 1.807) is 18.5 Å². The van der Waals surface area contributed by atoms with Gasteiger partial charge in [-0.1, -0.05) is 35.9 Å². The number of amidine groups is 2. The summed E-state index contributed by atoms with van der Waals surface area (Å²) >= 11 is 7.15. The van der Waals surface area contributed by atoms with Crippen LogP contribution in [0.3, 0.4) is 0 Å². The lowest BCUT2D eigenvalue weighted by Gasteiger charge is -2.20. The van der Waals surface area contributed by atoms with Crippen molar-refractivity contribution in [1.82, 2.24) is 9.99 Å². The van der Waals surface area contributed by atoms with Crippen LogP contribution in [-0.2, 0) is 11.4 Å². The first kappa shape index (κ1) is 21.1. The number of hydrazone groups is 1. The fraction of sp³-hybridized carbons (Fsp3) is 0.0417. The smallest absolute Gasteiger partial charge is 0.283 e. The molecule has 2 aliphatic rings. The molecular weight excluding hydrogens is 458 g/mol. The fourth-order valence-electron chi connectivity index (χ4n) is 3.17. The molecule has 33 heavy (non-hydrogen) atoms. The third kappa shape index (κ3) is 4.57. The second-order valence-electron chi connectivity index (χ2n) is 7.15. The van der Waals surface area contributed by atoms with Crippen LogP contribution in [0.5, 0.6) is 5.75 Å². The predicted octanol–water partition coefficient (Wildman–Crippen LogP) is 4.98. The molecular formula is C24H16ClN5O2S. The van der Waals surface area contributed by atoms with E-state index in [2.05, 4.69) is 15.1 Å². The van der Waals surface area contributed by atoms with Crippen LogP contribution in [-0.4, -0.2) is 31.9 Å². The van der Waals surface area contributed by atoms with E-state index in [9.17, 15) is 4.79 Å². The van der Waals surface area contributed by atoms with E-state index >= 15 is 0 Å². The highest BCUT2D eigenvalue weighted by atomic mass is 35.5. The van der Waals surface area contributed by atoms with Gasteiger partial charge in [0.2, 0.25) is 5.17 Å². The minimum Gasteiger partial charge on any atom is -0.489 e. The van der Waals surface area contributed by atoms with Crippen molar-refractivity contribution in [3.8, 4) is 5.75 Å². The molecule has 3 aromatic rings. The van der Waals surface area contributed by atoms with Gasteiger partial charge in [-0.2, -0.15) is 15.1 Å². The zero-order chi connectivity index (χ0) is 22.8. The third-order valence-electron chi connectivity index (χ3n) is 4.87. The van der Waals surface area contributed by atoms with Gasteiger partial charge in [-0.15, -0.1) is 0 Å². The Hall–Kier alpha value is -3.75. The van der Waals surface area contributed by atoms with Crippen LogP contribution in [0.15, 0.2) is 88.7 Å². The normalized spacial score (nSPS) is 16.5. The third-order valence-corrected chi connectivity index (χ3v) is 6.08. The number of benzene rings is 2. The second kappa shape index (κ2) is 9.01. The highest BCUT2D eigenvalue weighted by Crippen LogP contribution is 2.30. The fourth-order valence-corrected chi connectivity index (χ4v) is 4.18. The number of rotatable bonds is 5. The molecule has 3 heterocycles. The minimum atomic E-state index is -0.468. The molecule has 9 heteroatoms. The van der Waals surface area contributed by atoms with Gasteiger partial charge in [-0.25, -0.2) is 0 Å². The van der Waals surface area contributed by atoms with Gasteiger partial charge in [0.1, 0.15) is 17.4 Å². The number of thioether (sulfide) groups is 1. The maximum atomic E-state index is 12.6. The minimum absolute atomic E-state index is 0.0144. The van der Waals surface area contributed by atoms with Crippen molar-refractivity contribution in [2.24, 2.45) is 10.1 Å². The summed E-state index contributed by atoms with van der Waals surface area (Å²) in [5, 5.41) is 16.0. The number of pyridine rings is 1. The molecule has 2 aliphatic heterocycles. The van der Waals surface area contributed by atoms with E-state index < -0.39 is 5.91 Å². The van der Waals surface area contributed by atoms with E-state index in [1.807, 2.05) is 60.7 Å². The number of hydrogen-bond acceptors (Lipinski definition) is 6. The van der Waals surface area contributed by atoms with Crippen molar-refractivity contribution in [3.05, 3.63) is 100 Å². The molecule has 0 bridgehead atoms. The van der Waals surface area contributed by atoms with Crippen LogP contribution in [0.1, 0.15) is 16.7 Å². The Kier molecular flexibility index (Phi) is 5.77. The molecule has 0 saturated carbocycles. The average molecular weight is 474 g/mol. The van der Waals surface area contributed by atoms with Gasteiger partial charge in [0, 0.05) is 23.0 Å². The number of fused-ring (bicyclic) bond motifs is 1. The van der Waals surface area contributed by atoms with Gasteiger partial charge in [0.15, 0.2) is 5.84 Å². The van der Waals surface area contributed by atoms with Crippen molar-refractivity contribution in [3.63, 3.8) is 0 Å². The lowest BCUT2D eigenvalue weighted by molar-refractivity contribution is -0.114. The van der Waals surface area contributed by atoms with Crippen LogP contribution in [0, 0.1) is 5.41 Å². The Morgan fingerprint density at radius 1 is 1.09 bits per heavy atom. The molecule has 1 amide bonds. The summed E-state index contributed by atoms with van der Waals surface area (Å²) in [6.45, 7) is 0.419. The number of carbonyl (C=O) groups is 1. The van der Waals surface area contributed by atoms with Gasteiger partial charge in [0.05, 0.1) is 5.57 Å². The Morgan fingerprint density at radius 3 is 2.61 bits per heavy atom. The largest absolute Gasteiger partial charge is 0.489 e. The molecule has 2 aromatic carbocycles. The van der Waals surface area contributed by atoms with Crippen LogP contribution in [0.2, 0.25) is 5.02 Å². The molecule has 0 aliphatic carbocycles. The number of carbonyl (C=O) groups excluding carboxylic acids is 1. The van der Waals surface area contributed by atoms with Gasteiger partial charge >= 0.3 is 0 Å². The Balaban J connectivity index is 1.31. The monoisotopic (exact) mass is 473 g/mol. The number of nitrogens with one attached hydrogen (secondary N) is 1. The van der Waals surface area contributed by atoms with Gasteiger partial charge < -0.3 is 4.74 Å². The molecule has 5 rings (SSSR count). The molecule has 0 fully saturated rings. The summed E-state index contributed by atoms with van der Waals surface area (Å²) in [5.74, 6) is 0.211. The van der Waals surface area contributed by atoms with Crippen LogP contribution < -0.4 is 4.74 Å². The second-order valence-corrected chi connectivity index (χ2v) is 8.54.